The number of amides is 1. The molecule has 1 N–H and O–H groups in total. The van der Waals surface area contributed by atoms with Gasteiger partial charge in [-0.2, -0.15) is 0 Å². The molecule has 23 heavy (non-hydrogen) atoms. The van der Waals surface area contributed by atoms with E-state index in [0.717, 1.165) is 0 Å². The molecule has 1 amide bonds. The van der Waals surface area contributed by atoms with Gasteiger partial charge in [0.1, 0.15) is 0 Å². The molecule has 0 aromatic heterocycles. The van der Waals surface area contributed by atoms with Gasteiger partial charge in [0, 0.05) is 21.8 Å². The summed E-state index contributed by atoms with van der Waals surface area (Å²) in [5.74, 6) is -1.05. The second-order valence-electron chi connectivity index (χ2n) is 4.52. The van der Waals surface area contributed by atoms with Crippen molar-refractivity contribution in [3.05, 3.63) is 70.2 Å². The molecule has 0 saturated heterocycles. The van der Waals surface area contributed by atoms with Gasteiger partial charge in [-0.1, -0.05) is 47.5 Å². The Bertz CT molecular complexity index is 730. The number of hydrogen-bond acceptors (Lipinski definition) is 3. The van der Waals surface area contributed by atoms with Crippen LogP contribution in [0, 0.1) is 0 Å². The number of carbonyl (C=O) groups excluding carboxylic acids is 2. The molecule has 0 spiro atoms. The van der Waals surface area contributed by atoms with Crippen LogP contribution in [0.2, 0.25) is 10.0 Å². The van der Waals surface area contributed by atoms with E-state index < -0.39 is 11.9 Å². The van der Waals surface area contributed by atoms with Gasteiger partial charge in [-0.05, 0) is 35.9 Å². The van der Waals surface area contributed by atoms with Gasteiger partial charge in [0.25, 0.3) is 5.91 Å². The first kappa shape index (κ1) is 17.1. The summed E-state index contributed by atoms with van der Waals surface area (Å²) in [7, 11) is 0. The third kappa shape index (κ3) is 5.77. The van der Waals surface area contributed by atoms with Crippen molar-refractivity contribution in [1.29, 1.82) is 0 Å². The summed E-state index contributed by atoms with van der Waals surface area (Å²) in [5, 5.41) is 3.54. The van der Waals surface area contributed by atoms with Crippen LogP contribution in [0.4, 0.5) is 5.69 Å². The maximum atomic E-state index is 11.6. The normalized spacial score (nSPS) is 10.5. The second kappa shape index (κ2) is 8.36. The molecule has 0 saturated carbocycles. The van der Waals surface area contributed by atoms with Crippen LogP contribution in [0.5, 0.6) is 0 Å². The number of halogens is 2. The van der Waals surface area contributed by atoms with Crippen molar-refractivity contribution in [3.8, 4) is 0 Å². The van der Waals surface area contributed by atoms with E-state index in [4.69, 9.17) is 27.9 Å². The number of hydrogen-bond donors (Lipinski definition) is 1. The molecular formula is C17H13Cl2NO3. The molecule has 2 aromatic rings. The Kier molecular flexibility index (Phi) is 6.20. The van der Waals surface area contributed by atoms with Gasteiger partial charge in [0.05, 0.1) is 0 Å². The summed E-state index contributed by atoms with van der Waals surface area (Å²) >= 11 is 11.8. The largest absolute Gasteiger partial charge is 0.452 e. The van der Waals surface area contributed by atoms with Crippen molar-refractivity contribution in [1.82, 2.24) is 0 Å². The van der Waals surface area contributed by atoms with E-state index in [0.29, 0.717) is 21.3 Å². The van der Waals surface area contributed by atoms with Gasteiger partial charge >= 0.3 is 5.97 Å². The molecule has 118 valence electrons. The summed E-state index contributed by atoms with van der Waals surface area (Å²) < 4.78 is 4.85. The molecule has 0 aliphatic carbocycles. The van der Waals surface area contributed by atoms with Crippen molar-refractivity contribution >= 4 is 46.8 Å². The summed E-state index contributed by atoms with van der Waals surface area (Å²) in [6.45, 7) is -0.369. The molecule has 0 radical (unpaired) electrons. The number of anilines is 1. The van der Waals surface area contributed by atoms with Crippen LogP contribution in [-0.4, -0.2) is 18.5 Å². The first-order valence-electron chi connectivity index (χ1n) is 6.69. The lowest BCUT2D eigenvalue weighted by Crippen LogP contribution is -2.20. The van der Waals surface area contributed by atoms with Crippen molar-refractivity contribution in [2.75, 3.05) is 11.9 Å². The van der Waals surface area contributed by atoms with Crippen molar-refractivity contribution in [2.45, 2.75) is 0 Å². The Hall–Kier alpha value is -2.30. The van der Waals surface area contributed by atoms with E-state index in [1.807, 2.05) is 6.07 Å². The third-order valence-electron chi connectivity index (χ3n) is 2.76. The van der Waals surface area contributed by atoms with Crippen LogP contribution < -0.4 is 5.32 Å². The van der Waals surface area contributed by atoms with Crippen molar-refractivity contribution < 1.29 is 14.3 Å². The van der Waals surface area contributed by atoms with Crippen molar-refractivity contribution in [2.24, 2.45) is 0 Å². The monoisotopic (exact) mass is 349 g/mol. The van der Waals surface area contributed by atoms with Crippen LogP contribution in [0.15, 0.2) is 54.6 Å². The first-order chi connectivity index (χ1) is 11.0. The lowest BCUT2D eigenvalue weighted by molar-refractivity contribution is -0.142. The Morgan fingerprint density at radius 3 is 2.52 bits per heavy atom. The van der Waals surface area contributed by atoms with E-state index in [2.05, 4.69) is 5.32 Å². The average molecular weight is 350 g/mol. The molecule has 0 atom stereocenters. The fourth-order valence-corrected chi connectivity index (χ4v) is 2.17. The highest BCUT2D eigenvalue weighted by atomic mass is 35.5. The summed E-state index contributed by atoms with van der Waals surface area (Å²) in [6, 6.07) is 13.8. The van der Waals surface area contributed by atoms with Gasteiger partial charge < -0.3 is 10.1 Å². The molecule has 0 bridgehead atoms. The zero-order valence-electron chi connectivity index (χ0n) is 12.0. The molecule has 6 heteroatoms. The minimum atomic E-state index is -0.640. The van der Waals surface area contributed by atoms with E-state index >= 15 is 0 Å². The molecular weight excluding hydrogens is 337 g/mol. The van der Waals surface area contributed by atoms with Crippen LogP contribution in [0.3, 0.4) is 0 Å². The van der Waals surface area contributed by atoms with Gasteiger partial charge in [-0.3, -0.25) is 4.79 Å². The lowest BCUT2D eigenvalue weighted by atomic mass is 10.2. The summed E-state index contributed by atoms with van der Waals surface area (Å²) in [6.07, 6.45) is 2.70. The maximum Gasteiger partial charge on any atom is 0.331 e. The predicted molar refractivity (Wildman–Crippen MR) is 91.5 cm³/mol. The SMILES string of the molecule is O=C(COC(=O)/C=C/c1ccc(Cl)cc1Cl)Nc1ccccc1. The number of nitrogens with one attached hydrogen (secondary N) is 1. The van der Waals surface area contributed by atoms with Crippen LogP contribution in [0.25, 0.3) is 6.08 Å². The quantitative estimate of drug-likeness (QED) is 0.650. The van der Waals surface area contributed by atoms with Crippen molar-refractivity contribution in [3.63, 3.8) is 0 Å². The third-order valence-corrected chi connectivity index (χ3v) is 3.33. The molecule has 4 nitrogen and oxygen atoms in total. The Labute approximate surface area is 143 Å². The van der Waals surface area contributed by atoms with Gasteiger partial charge in [0.2, 0.25) is 0 Å². The lowest BCUT2D eigenvalue weighted by Gasteiger charge is -2.05. The Morgan fingerprint density at radius 2 is 1.83 bits per heavy atom. The maximum absolute atomic E-state index is 11.6. The molecule has 2 rings (SSSR count). The zero-order valence-corrected chi connectivity index (χ0v) is 13.5. The first-order valence-corrected chi connectivity index (χ1v) is 7.45. The highest BCUT2D eigenvalue weighted by Crippen LogP contribution is 2.21. The molecule has 0 aliphatic rings. The van der Waals surface area contributed by atoms with Crippen LogP contribution in [-0.2, 0) is 14.3 Å². The van der Waals surface area contributed by atoms with E-state index in [-0.39, 0.29) is 6.61 Å². The minimum Gasteiger partial charge on any atom is -0.452 e. The summed E-state index contributed by atoms with van der Waals surface area (Å²) in [4.78, 5) is 23.2. The van der Waals surface area contributed by atoms with Crippen LogP contribution >= 0.6 is 23.2 Å². The smallest absolute Gasteiger partial charge is 0.331 e. The molecule has 0 fully saturated rings. The number of benzene rings is 2. The van der Waals surface area contributed by atoms with E-state index in [1.54, 1.807) is 42.5 Å². The second-order valence-corrected chi connectivity index (χ2v) is 5.36. The zero-order chi connectivity index (χ0) is 16.7. The number of rotatable bonds is 5. The minimum absolute atomic E-state index is 0.369. The van der Waals surface area contributed by atoms with E-state index in [1.165, 1.54) is 12.2 Å². The molecule has 2 aromatic carbocycles. The average Bonchev–Trinajstić information content (AvgIpc) is 2.53. The van der Waals surface area contributed by atoms with Crippen LogP contribution in [0.1, 0.15) is 5.56 Å². The van der Waals surface area contributed by atoms with Gasteiger partial charge in [-0.15, -0.1) is 0 Å². The highest BCUT2D eigenvalue weighted by Gasteiger charge is 2.06. The van der Waals surface area contributed by atoms with Gasteiger partial charge in [-0.25, -0.2) is 4.79 Å². The molecule has 0 aliphatic heterocycles. The van der Waals surface area contributed by atoms with Gasteiger partial charge in [0.15, 0.2) is 6.61 Å². The molecule has 0 heterocycles. The predicted octanol–water partition coefficient (Wildman–Crippen LogP) is 4.19. The fourth-order valence-electron chi connectivity index (χ4n) is 1.70. The topological polar surface area (TPSA) is 55.4 Å². The highest BCUT2D eigenvalue weighted by molar-refractivity contribution is 6.35. The number of para-hydroxylation sites is 1. The van der Waals surface area contributed by atoms with E-state index in [9.17, 15) is 9.59 Å². The number of ether oxygens (including phenoxy) is 1. The molecule has 0 unspecified atom stereocenters. The Balaban J connectivity index is 1.82. The summed E-state index contributed by atoms with van der Waals surface area (Å²) in [5.41, 5.74) is 1.26. The number of esters is 1. The standard InChI is InChI=1S/C17H13Cl2NO3/c18-13-8-6-12(15(19)10-13)7-9-17(22)23-11-16(21)20-14-4-2-1-3-5-14/h1-10H,11H2,(H,20,21)/b9-7+. The number of carbonyl (C=O) groups is 2. The fraction of sp³-hybridized carbons (Fsp3) is 0.0588. The Morgan fingerprint density at radius 1 is 1.09 bits per heavy atom.